The van der Waals surface area contributed by atoms with Crippen LogP contribution in [0.1, 0.15) is 16.6 Å². The summed E-state index contributed by atoms with van der Waals surface area (Å²) in [5.74, 6) is 0. The van der Waals surface area contributed by atoms with Crippen molar-refractivity contribution in [1.29, 1.82) is 0 Å². The zero-order valence-corrected chi connectivity index (χ0v) is 7.46. The first-order chi connectivity index (χ1) is 5.77. The van der Waals surface area contributed by atoms with Crippen LogP contribution in [0.25, 0.3) is 0 Å². The molecule has 3 heteroatoms. The first-order valence-corrected chi connectivity index (χ1v) is 4.13. The van der Waals surface area contributed by atoms with Crippen molar-refractivity contribution in [2.45, 2.75) is 11.9 Å². The lowest BCUT2D eigenvalue weighted by Gasteiger charge is -2.04. The molecule has 0 amide bonds. The fourth-order valence-corrected chi connectivity index (χ4v) is 1.05. The minimum absolute atomic E-state index is 0.154. The molecule has 1 atom stereocenters. The Balaban J connectivity index is 2.93. The summed E-state index contributed by atoms with van der Waals surface area (Å²) in [7, 11) is 0. The molecule has 0 aliphatic carbocycles. The summed E-state index contributed by atoms with van der Waals surface area (Å²) < 4.78 is 0. The van der Waals surface area contributed by atoms with E-state index in [0.717, 1.165) is 11.3 Å². The predicted molar refractivity (Wildman–Crippen MR) is 50.9 cm³/mol. The molecular weight excluding hydrogens is 172 g/mol. The minimum atomic E-state index is -0.154. The van der Waals surface area contributed by atoms with Crippen LogP contribution >= 0.6 is 11.6 Å². The van der Waals surface area contributed by atoms with Crippen molar-refractivity contribution in [3.05, 3.63) is 42.2 Å². The molecule has 0 fully saturated rings. The third-order valence-electron chi connectivity index (χ3n) is 1.58. The SMILES string of the molecule is C=C[C@H](Cl)c1ccnc(CN)c1. The average Bonchev–Trinajstić information content (AvgIpc) is 2.17. The number of allylic oxidation sites excluding steroid dienone is 1. The van der Waals surface area contributed by atoms with Gasteiger partial charge in [-0.1, -0.05) is 6.08 Å². The molecule has 0 saturated carbocycles. The smallest absolute Gasteiger partial charge is 0.0764 e. The van der Waals surface area contributed by atoms with Crippen molar-refractivity contribution in [3.63, 3.8) is 0 Å². The Kier molecular flexibility index (Phi) is 3.26. The van der Waals surface area contributed by atoms with Gasteiger partial charge in [0.1, 0.15) is 0 Å². The van der Waals surface area contributed by atoms with E-state index in [-0.39, 0.29) is 5.38 Å². The quantitative estimate of drug-likeness (QED) is 0.574. The fraction of sp³-hybridized carbons (Fsp3) is 0.222. The second-order valence-electron chi connectivity index (χ2n) is 2.42. The number of nitrogens with zero attached hydrogens (tertiary/aromatic N) is 1. The standard InChI is InChI=1S/C9H11ClN2/c1-2-9(10)7-3-4-12-8(5-7)6-11/h2-5,9H,1,6,11H2/t9-/m0/s1. The largest absolute Gasteiger partial charge is 0.325 e. The van der Waals surface area contributed by atoms with Gasteiger partial charge >= 0.3 is 0 Å². The van der Waals surface area contributed by atoms with E-state index in [4.69, 9.17) is 17.3 Å². The molecule has 0 spiro atoms. The van der Waals surface area contributed by atoms with E-state index in [9.17, 15) is 0 Å². The van der Waals surface area contributed by atoms with Crippen LogP contribution in [0.15, 0.2) is 31.0 Å². The summed E-state index contributed by atoms with van der Waals surface area (Å²) in [5, 5.41) is -0.154. The lowest BCUT2D eigenvalue weighted by Crippen LogP contribution is -2.00. The van der Waals surface area contributed by atoms with Crippen LogP contribution in [0.4, 0.5) is 0 Å². The fourth-order valence-electron chi connectivity index (χ4n) is 0.916. The molecule has 0 bridgehead atoms. The number of hydrogen-bond donors (Lipinski definition) is 1. The van der Waals surface area contributed by atoms with Crippen LogP contribution in [0.2, 0.25) is 0 Å². The van der Waals surface area contributed by atoms with Crippen LogP contribution in [-0.2, 0) is 6.54 Å². The average molecular weight is 183 g/mol. The van der Waals surface area contributed by atoms with Gasteiger partial charge in [-0.05, 0) is 17.7 Å². The molecule has 0 aromatic carbocycles. The summed E-state index contributed by atoms with van der Waals surface area (Å²) in [6, 6.07) is 3.75. The highest BCUT2D eigenvalue weighted by Crippen LogP contribution is 2.20. The Morgan fingerprint density at radius 2 is 2.50 bits per heavy atom. The van der Waals surface area contributed by atoms with Crippen molar-refractivity contribution in [3.8, 4) is 0 Å². The van der Waals surface area contributed by atoms with E-state index in [2.05, 4.69) is 11.6 Å². The van der Waals surface area contributed by atoms with E-state index < -0.39 is 0 Å². The van der Waals surface area contributed by atoms with Crippen molar-refractivity contribution >= 4 is 11.6 Å². The maximum atomic E-state index is 5.93. The summed E-state index contributed by atoms with van der Waals surface area (Å²) >= 11 is 5.93. The molecule has 0 saturated heterocycles. The summed E-state index contributed by atoms with van der Waals surface area (Å²) in [6.07, 6.45) is 3.38. The van der Waals surface area contributed by atoms with Crippen LogP contribution in [0.3, 0.4) is 0 Å². The number of hydrogen-bond acceptors (Lipinski definition) is 2. The summed E-state index contributed by atoms with van der Waals surface area (Å²) in [5.41, 5.74) is 7.26. The second kappa shape index (κ2) is 4.24. The molecule has 1 aromatic heterocycles. The molecule has 0 radical (unpaired) electrons. The Hall–Kier alpha value is -0.860. The van der Waals surface area contributed by atoms with Gasteiger partial charge in [0.05, 0.1) is 11.1 Å². The topological polar surface area (TPSA) is 38.9 Å². The van der Waals surface area contributed by atoms with Crippen LogP contribution in [0, 0.1) is 0 Å². The van der Waals surface area contributed by atoms with Crippen LogP contribution in [-0.4, -0.2) is 4.98 Å². The normalized spacial score (nSPS) is 12.5. The Labute approximate surface area is 77.1 Å². The van der Waals surface area contributed by atoms with Gasteiger partial charge in [0, 0.05) is 12.7 Å². The first kappa shape index (κ1) is 9.23. The van der Waals surface area contributed by atoms with E-state index >= 15 is 0 Å². The monoisotopic (exact) mass is 182 g/mol. The van der Waals surface area contributed by atoms with E-state index in [0.29, 0.717) is 6.54 Å². The van der Waals surface area contributed by atoms with E-state index in [1.54, 1.807) is 12.3 Å². The predicted octanol–water partition coefficient (Wildman–Crippen LogP) is 2.01. The Bertz CT molecular complexity index is 273. The number of rotatable bonds is 3. The minimum Gasteiger partial charge on any atom is -0.325 e. The molecule has 0 aliphatic heterocycles. The molecule has 0 aliphatic rings. The van der Waals surface area contributed by atoms with Crippen LogP contribution in [0.5, 0.6) is 0 Å². The van der Waals surface area contributed by atoms with Gasteiger partial charge in [0.25, 0.3) is 0 Å². The Morgan fingerprint density at radius 3 is 3.08 bits per heavy atom. The van der Waals surface area contributed by atoms with Gasteiger partial charge in [-0.25, -0.2) is 0 Å². The maximum absolute atomic E-state index is 5.93. The second-order valence-corrected chi connectivity index (χ2v) is 2.89. The van der Waals surface area contributed by atoms with Gasteiger partial charge in [0.2, 0.25) is 0 Å². The highest BCUT2D eigenvalue weighted by molar-refractivity contribution is 6.21. The van der Waals surface area contributed by atoms with Gasteiger partial charge in [-0.3, -0.25) is 4.98 Å². The van der Waals surface area contributed by atoms with Crippen molar-refractivity contribution in [2.75, 3.05) is 0 Å². The van der Waals surface area contributed by atoms with Crippen molar-refractivity contribution in [2.24, 2.45) is 5.73 Å². The van der Waals surface area contributed by atoms with Gasteiger partial charge in [-0.15, -0.1) is 18.2 Å². The highest BCUT2D eigenvalue weighted by Gasteiger charge is 2.02. The number of aromatic nitrogens is 1. The molecule has 2 nitrogen and oxygen atoms in total. The molecule has 1 heterocycles. The number of alkyl halides is 1. The number of pyridine rings is 1. The summed E-state index contributed by atoms with van der Waals surface area (Å²) in [4.78, 5) is 4.06. The molecule has 0 unspecified atom stereocenters. The van der Waals surface area contributed by atoms with Gasteiger partial charge in [0.15, 0.2) is 0 Å². The summed E-state index contributed by atoms with van der Waals surface area (Å²) in [6.45, 7) is 4.05. The van der Waals surface area contributed by atoms with Crippen molar-refractivity contribution in [1.82, 2.24) is 4.98 Å². The lowest BCUT2D eigenvalue weighted by molar-refractivity contribution is 0.976. The molecule has 1 rings (SSSR count). The molecule has 2 N–H and O–H groups in total. The molecule has 64 valence electrons. The van der Waals surface area contributed by atoms with Gasteiger partial charge in [-0.2, -0.15) is 0 Å². The third kappa shape index (κ3) is 2.06. The maximum Gasteiger partial charge on any atom is 0.0764 e. The van der Waals surface area contributed by atoms with Gasteiger partial charge < -0.3 is 5.73 Å². The zero-order chi connectivity index (χ0) is 8.97. The molecular formula is C9H11ClN2. The van der Waals surface area contributed by atoms with Crippen LogP contribution < -0.4 is 5.73 Å². The zero-order valence-electron chi connectivity index (χ0n) is 6.70. The first-order valence-electron chi connectivity index (χ1n) is 3.69. The molecule has 12 heavy (non-hydrogen) atoms. The number of nitrogens with two attached hydrogens (primary N) is 1. The lowest BCUT2D eigenvalue weighted by atomic mass is 10.1. The van der Waals surface area contributed by atoms with Crippen molar-refractivity contribution < 1.29 is 0 Å². The Morgan fingerprint density at radius 1 is 1.75 bits per heavy atom. The molecule has 1 aromatic rings. The van der Waals surface area contributed by atoms with E-state index in [1.807, 2.05) is 12.1 Å². The highest BCUT2D eigenvalue weighted by atomic mass is 35.5. The third-order valence-corrected chi connectivity index (χ3v) is 2.01. The van der Waals surface area contributed by atoms with E-state index in [1.165, 1.54) is 0 Å². The number of halogens is 1.